The molecule has 0 aromatic heterocycles. The lowest BCUT2D eigenvalue weighted by molar-refractivity contribution is -0.111. The third kappa shape index (κ3) is 1.29. The van der Waals surface area contributed by atoms with Gasteiger partial charge in [0.25, 0.3) is 0 Å². The second kappa shape index (κ2) is 2.97. The molecule has 2 N–H and O–H groups in total. The summed E-state index contributed by atoms with van der Waals surface area (Å²) in [5.74, 6) is 0.648. The van der Waals surface area contributed by atoms with Gasteiger partial charge in [-0.25, -0.2) is 0 Å². The summed E-state index contributed by atoms with van der Waals surface area (Å²) in [5, 5.41) is 19.6. The van der Waals surface area contributed by atoms with Crippen LogP contribution < -0.4 is 4.74 Å². The molecule has 0 amide bonds. The summed E-state index contributed by atoms with van der Waals surface area (Å²) in [4.78, 5) is 0. The van der Waals surface area contributed by atoms with Gasteiger partial charge in [-0.1, -0.05) is 18.2 Å². The Morgan fingerprint density at radius 1 is 1.21 bits per heavy atom. The van der Waals surface area contributed by atoms with Crippen LogP contribution >= 0.6 is 0 Å². The normalized spacial score (nSPS) is 29.1. The standard InChI is InChI=1S/C11H14O3/c1-11(2)10(13)9(12)7-5-3-4-6-8(7)14-11/h3-6,9-10,12-13H,1-2H3/t9-,10-/m0/s1. The SMILES string of the molecule is CC1(C)Oc2ccccc2[C@H](O)[C@@H]1O. The van der Waals surface area contributed by atoms with Gasteiger partial charge in [-0.05, 0) is 19.9 Å². The lowest BCUT2D eigenvalue weighted by Gasteiger charge is -2.39. The summed E-state index contributed by atoms with van der Waals surface area (Å²) in [5.41, 5.74) is -0.0901. The molecule has 1 aliphatic rings. The fourth-order valence-corrected chi connectivity index (χ4v) is 1.71. The molecule has 1 aromatic carbocycles. The number of aliphatic hydroxyl groups is 2. The highest BCUT2D eigenvalue weighted by atomic mass is 16.5. The lowest BCUT2D eigenvalue weighted by Crippen LogP contribution is -2.48. The maximum atomic E-state index is 9.84. The van der Waals surface area contributed by atoms with Gasteiger partial charge in [0.1, 0.15) is 23.6 Å². The van der Waals surface area contributed by atoms with Gasteiger partial charge in [0, 0.05) is 5.56 Å². The summed E-state index contributed by atoms with van der Waals surface area (Å²) in [6, 6.07) is 7.22. The molecular weight excluding hydrogens is 180 g/mol. The van der Waals surface area contributed by atoms with Gasteiger partial charge in [-0.2, -0.15) is 0 Å². The Bertz CT molecular complexity index is 346. The topological polar surface area (TPSA) is 49.7 Å². The molecule has 0 bridgehead atoms. The minimum Gasteiger partial charge on any atom is -0.485 e. The van der Waals surface area contributed by atoms with Crippen LogP contribution in [-0.4, -0.2) is 21.9 Å². The van der Waals surface area contributed by atoms with Crippen LogP contribution in [0, 0.1) is 0 Å². The van der Waals surface area contributed by atoms with Crippen molar-refractivity contribution in [3.05, 3.63) is 29.8 Å². The lowest BCUT2D eigenvalue weighted by atomic mass is 9.89. The molecule has 3 nitrogen and oxygen atoms in total. The highest BCUT2D eigenvalue weighted by molar-refractivity contribution is 5.38. The van der Waals surface area contributed by atoms with Crippen LogP contribution in [0.3, 0.4) is 0 Å². The van der Waals surface area contributed by atoms with Crippen molar-refractivity contribution < 1.29 is 14.9 Å². The van der Waals surface area contributed by atoms with E-state index in [1.165, 1.54) is 0 Å². The molecule has 0 aliphatic carbocycles. The molecule has 0 fully saturated rings. The van der Waals surface area contributed by atoms with Gasteiger partial charge in [0.2, 0.25) is 0 Å². The van der Waals surface area contributed by atoms with E-state index in [-0.39, 0.29) is 0 Å². The Kier molecular flexibility index (Phi) is 2.01. The molecule has 0 saturated heterocycles. The first-order valence-corrected chi connectivity index (χ1v) is 4.66. The van der Waals surface area contributed by atoms with Gasteiger partial charge in [-0.3, -0.25) is 0 Å². The molecule has 0 saturated carbocycles. The second-order valence-electron chi connectivity index (χ2n) is 4.13. The van der Waals surface area contributed by atoms with E-state index in [4.69, 9.17) is 4.74 Å². The largest absolute Gasteiger partial charge is 0.485 e. The number of aliphatic hydroxyl groups excluding tert-OH is 2. The van der Waals surface area contributed by atoms with Crippen LogP contribution in [0.1, 0.15) is 25.5 Å². The zero-order valence-electron chi connectivity index (χ0n) is 8.27. The molecule has 0 spiro atoms. The van der Waals surface area contributed by atoms with Crippen LogP contribution in [0.15, 0.2) is 24.3 Å². The molecule has 0 unspecified atom stereocenters. The van der Waals surface area contributed by atoms with Crippen LogP contribution in [0.4, 0.5) is 0 Å². The van der Waals surface area contributed by atoms with E-state index in [1.807, 2.05) is 12.1 Å². The maximum Gasteiger partial charge on any atom is 0.132 e. The van der Waals surface area contributed by atoms with Crippen molar-refractivity contribution in [3.63, 3.8) is 0 Å². The van der Waals surface area contributed by atoms with Crippen molar-refractivity contribution in [1.29, 1.82) is 0 Å². The van der Waals surface area contributed by atoms with Crippen LogP contribution in [0.5, 0.6) is 5.75 Å². The highest BCUT2D eigenvalue weighted by Crippen LogP contribution is 2.39. The molecular formula is C11H14O3. The van der Waals surface area contributed by atoms with E-state index in [9.17, 15) is 10.2 Å². The summed E-state index contributed by atoms with van der Waals surface area (Å²) >= 11 is 0. The number of ether oxygens (including phenoxy) is 1. The van der Waals surface area contributed by atoms with Crippen LogP contribution in [0.25, 0.3) is 0 Å². The minimum absolute atomic E-state index is 0.648. The average Bonchev–Trinajstić information content (AvgIpc) is 2.14. The number of hydrogen-bond donors (Lipinski definition) is 2. The number of benzene rings is 1. The Labute approximate surface area is 83.0 Å². The fraction of sp³-hybridized carbons (Fsp3) is 0.455. The van der Waals surface area contributed by atoms with Crippen molar-refractivity contribution in [3.8, 4) is 5.75 Å². The smallest absolute Gasteiger partial charge is 0.132 e. The maximum absolute atomic E-state index is 9.84. The van der Waals surface area contributed by atoms with E-state index in [0.717, 1.165) is 0 Å². The Balaban J connectivity index is 2.48. The van der Waals surface area contributed by atoms with Crippen molar-refractivity contribution in [2.75, 3.05) is 0 Å². The van der Waals surface area contributed by atoms with Crippen molar-refractivity contribution >= 4 is 0 Å². The number of rotatable bonds is 0. The van der Waals surface area contributed by atoms with Gasteiger partial charge >= 0.3 is 0 Å². The Morgan fingerprint density at radius 3 is 2.57 bits per heavy atom. The van der Waals surface area contributed by atoms with E-state index in [1.54, 1.807) is 26.0 Å². The second-order valence-corrected chi connectivity index (χ2v) is 4.13. The summed E-state index contributed by atoms with van der Waals surface area (Å²) in [6.45, 7) is 3.52. The molecule has 1 aliphatic heterocycles. The Morgan fingerprint density at radius 2 is 1.86 bits per heavy atom. The zero-order valence-corrected chi connectivity index (χ0v) is 8.27. The third-order valence-corrected chi connectivity index (χ3v) is 2.62. The van der Waals surface area contributed by atoms with E-state index in [0.29, 0.717) is 11.3 Å². The highest BCUT2D eigenvalue weighted by Gasteiger charge is 2.41. The summed E-state index contributed by atoms with van der Waals surface area (Å²) < 4.78 is 5.59. The molecule has 0 radical (unpaired) electrons. The van der Waals surface area contributed by atoms with Crippen LogP contribution in [0.2, 0.25) is 0 Å². The quantitative estimate of drug-likeness (QED) is 0.653. The molecule has 76 valence electrons. The predicted molar refractivity (Wildman–Crippen MR) is 52.1 cm³/mol. The van der Waals surface area contributed by atoms with Gasteiger partial charge in [0.05, 0.1) is 0 Å². The minimum atomic E-state index is -0.891. The van der Waals surface area contributed by atoms with Gasteiger partial charge < -0.3 is 14.9 Å². The predicted octanol–water partition coefficient (Wildman–Crippen LogP) is 1.25. The number of para-hydroxylation sites is 1. The average molecular weight is 194 g/mol. The van der Waals surface area contributed by atoms with Crippen molar-refractivity contribution in [2.45, 2.75) is 31.7 Å². The van der Waals surface area contributed by atoms with Crippen LogP contribution in [-0.2, 0) is 0 Å². The molecule has 1 heterocycles. The van der Waals surface area contributed by atoms with Gasteiger partial charge in [0.15, 0.2) is 0 Å². The molecule has 14 heavy (non-hydrogen) atoms. The molecule has 2 rings (SSSR count). The van der Waals surface area contributed by atoms with Crippen molar-refractivity contribution in [2.24, 2.45) is 0 Å². The molecule has 2 atom stereocenters. The number of hydrogen-bond acceptors (Lipinski definition) is 3. The molecule has 3 heteroatoms. The monoisotopic (exact) mass is 194 g/mol. The summed E-state index contributed by atoms with van der Waals surface area (Å²) in [6.07, 6.45) is -1.76. The first-order chi connectivity index (χ1) is 6.52. The summed E-state index contributed by atoms with van der Waals surface area (Å²) in [7, 11) is 0. The molecule has 1 aromatic rings. The number of fused-ring (bicyclic) bond motifs is 1. The van der Waals surface area contributed by atoms with E-state index < -0.39 is 17.8 Å². The first-order valence-electron chi connectivity index (χ1n) is 4.66. The fourth-order valence-electron chi connectivity index (χ4n) is 1.71. The van der Waals surface area contributed by atoms with E-state index in [2.05, 4.69) is 0 Å². The van der Waals surface area contributed by atoms with Crippen molar-refractivity contribution in [1.82, 2.24) is 0 Å². The third-order valence-electron chi connectivity index (χ3n) is 2.62. The zero-order chi connectivity index (χ0) is 10.3. The van der Waals surface area contributed by atoms with E-state index >= 15 is 0 Å². The van der Waals surface area contributed by atoms with Gasteiger partial charge in [-0.15, -0.1) is 0 Å². The first kappa shape index (κ1) is 9.49. The Hall–Kier alpha value is -1.06.